The Morgan fingerprint density at radius 1 is 1.33 bits per heavy atom. The largest absolute Gasteiger partial charge is 0.349 e. The topological polar surface area (TPSA) is 37.8 Å². The van der Waals surface area contributed by atoms with E-state index in [0.29, 0.717) is 5.95 Å². The molecule has 4 heteroatoms. The minimum atomic E-state index is 0.688. The highest BCUT2D eigenvalue weighted by Gasteiger charge is 2.02. The van der Waals surface area contributed by atoms with Crippen LogP contribution in [0.5, 0.6) is 0 Å². The lowest BCUT2D eigenvalue weighted by Gasteiger charge is -2.03. The molecule has 78 valence electrons. The molecule has 0 radical (unpaired) electrons. The molecule has 0 bridgehead atoms. The Labute approximate surface area is 93.2 Å². The highest BCUT2D eigenvalue weighted by Crippen LogP contribution is 2.17. The Hall–Kier alpha value is -1.42. The highest BCUT2D eigenvalue weighted by molar-refractivity contribution is 7.10. The molecule has 0 amide bonds. The fourth-order valence-electron chi connectivity index (χ4n) is 1.39. The van der Waals surface area contributed by atoms with Gasteiger partial charge in [-0.1, -0.05) is 6.92 Å². The van der Waals surface area contributed by atoms with Gasteiger partial charge in [-0.2, -0.15) is 0 Å². The van der Waals surface area contributed by atoms with Crippen LogP contribution in [0.25, 0.3) is 0 Å². The van der Waals surface area contributed by atoms with Crippen molar-refractivity contribution in [3.63, 3.8) is 0 Å². The molecule has 1 N–H and O–H groups in total. The summed E-state index contributed by atoms with van der Waals surface area (Å²) in [4.78, 5) is 9.60. The van der Waals surface area contributed by atoms with Crippen LogP contribution in [0.2, 0.25) is 0 Å². The molecule has 0 fully saturated rings. The predicted octanol–water partition coefficient (Wildman–Crippen LogP) is 2.71. The minimum Gasteiger partial charge on any atom is -0.349 e. The molecule has 0 saturated carbocycles. The number of aryl methyl sites for hydroxylation is 1. The Balaban J connectivity index is 1.99. The number of anilines is 1. The van der Waals surface area contributed by atoms with Gasteiger partial charge in [0.25, 0.3) is 0 Å². The van der Waals surface area contributed by atoms with Crippen molar-refractivity contribution in [1.29, 1.82) is 0 Å². The first kappa shape index (κ1) is 10.1. The van der Waals surface area contributed by atoms with Gasteiger partial charge in [0.15, 0.2) is 0 Å². The van der Waals surface area contributed by atoms with E-state index in [0.717, 1.165) is 13.0 Å². The molecule has 0 aliphatic carbocycles. The summed E-state index contributed by atoms with van der Waals surface area (Å²) in [6, 6.07) is 3.99. The number of aromatic nitrogens is 2. The third-order valence-corrected chi connectivity index (χ3v) is 3.15. The summed E-state index contributed by atoms with van der Waals surface area (Å²) in [7, 11) is 0. The summed E-state index contributed by atoms with van der Waals surface area (Å²) in [5.41, 5.74) is 1.41. The number of nitrogens with zero attached hydrogens (tertiary/aromatic N) is 2. The SMILES string of the molecule is CCc1ccsc1CNc1ncccn1. The van der Waals surface area contributed by atoms with E-state index in [1.54, 1.807) is 23.7 Å². The second kappa shape index (κ2) is 4.89. The summed E-state index contributed by atoms with van der Waals surface area (Å²) in [5, 5.41) is 5.34. The van der Waals surface area contributed by atoms with Crippen molar-refractivity contribution in [1.82, 2.24) is 9.97 Å². The van der Waals surface area contributed by atoms with Crippen LogP contribution in [0, 0.1) is 0 Å². The van der Waals surface area contributed by atoms with Crippen LogP contribution in [0.3, 0.4) is 0 Å². The van der Waals surface area contributed by atoms with Crippen molar-refractivity contribution in [2.75, 3.05) is 5.32 Å². The average molecular weight is 219 g/mol. The summed E-state index contributed by atoms with van der Waals surface area (Å²) in [6.07, 6.45) is 4.56. The van der Waals surface area contributed by atoms with Crippen LogP contribution in [-0.4, -0.2) is 9.97 Å². The third kappa shape index (κ3) is 2.53. The first-order valence-electron chi connectivity index (χ1n) is 4.96. The molecule has 0 spiro atoms. The summed E-state index contributed by atoms with van der Waals surface area (Å²) < 4.78 is 0. The fraction of sp³-hybridized carbons (Fsp3) is 0.273. The average Bonchev–Trinajstić information content (AvgIpc) is 2.75. The van der Waals surface area contributed by atoms with E-state index in [-0.39, 0.29) is 0 Å². The molecule has 0 aromatic carbocycles. The first-order chi connectivity index (χ1) is 7.40. The van der Waals surface area contributed by atoms with E-state index in [9.17, 15) is 0 Å². The Morgan fingerprint density at radius 2 is 2.13 bits per heavy atom. The third-order valence-electron chi connectivity index (χ3n) is 2.19. The van der Waals surface area contributed by atoms with E-state index < -0.39 is 0 Å². The zero-order chi connectivity index (χ0) is 10.5. The van der Waals surface area contributed by atoms with Gasteiger partial charge in [-0.25, -0.2) is 9.97 Å². The van der Waals surface area contributed by atoms with E-state index in [1.165, 1.54) is 10.4 Å². The minimum absolute atomic E-state index is 0.688. The van der Waals surface area contributed by atoms with Crippen LogP contribution in [0.4, 0.5) is 5.95 Å². The van der Waals surface area contributed by atoms with E-state index >= 15 is 0 Å². The summed E-state index contributed by atoms with van der Waals surface area (Å²) in [6.45, 7) is 2.98. The Morgan fingerprint density at radius 3 is 2.87 bits per heavy atom. The van der Waals surface area contributed by atoms with Gasteiger partial charge in [0.2, 0.25) is 5.95 Å². The van der Waals surface area contributed by atoms with Gasteiger partial charge in [-0.3, -0.25) is 0 Å². The number of rotatable bonds is 4. The van der Waals surface area contributed by atoms with Crippen molar-refractivity contribution in [2.45, 2.75) is 19.9 Å². The lowest BCUT2D eigenvalue weighted by Crippen LogP contribution is -2.02. The Kier molecular flexibility index (Phi) is 3.29. The molecule has 0 aliphatic heterocycles. The zero-order valence-corrected chi connectivity index (χ0v) is 9.42. The molecular weight excluding hydrogens is 206 g/mol. The van der Waals surface area contributed by atoms with Gasteiger partial charge in [0, 0.05) is 17.3 Å². The molecule has 2 heterocycles. The van der Waals surface area contributed by atoms with Crippen LogP contribution < -0.4 is 5.32 Å². The van der Waals surface area contributed by atoms with E-state index in [1.807, 2.05) is 6.07 Å². The second-order valence-electron chi connectivity index (χ2n) is 3.15. The normalized spacial score (nSPS) is 10.2. The molecule has 2 rings (SSSR count). The maximum Gasteiger partial charge on any atom is 0.222 e. The van der Waals surface area contributed by atoms with Gasteiger partial charge in [0.05, 0.1) is 6.54 Å². The summed E-state index contributed by atoms with van der Waals surface area (Å²) >= 11 is 1.78. The molecule has 2 aromatic heterocycles. The van der Waals surface area contributed by atoms with Crippen molar-refractivity contribution < 1.29 is 0 Å². The van der Waals surface area contributed by atoms with E-state index in [4.69, 9.17) is 0 Å². The van der Waals surface area contributed by atoms with Crippen molar-refractivity contribution in [3.05, 3.63) is 40.3 Å². The fourth-order valence-corrected chi connectivity index (χ4v) is 2.30. The van der Waals surface area contributed by atoms with Gasteiger partial charge < -0.3 is 5.32 Å². The van der Waals surface area contributed by atoms with Gasteiger partial charge in [0.1, 0.15) is 0 Å². The molecule has 0 aliphatic rings. The quantitative estimate of drug-likeness (QED) is 0.859. The van der Waals surface area contributed by atoms with Crippen LogP contribution in [-0.2, 0) is 13.0 Å². The molecule has 0 atom stereocenters. The van der Waals surface area contributed by atoms with Gasteiger partial charge in [-0.05, 0) is 29.5 Å². The van der Waals surface area contributed by atoms with Crippen LogP contribution in [0.1, 0.15) is 17.4 Å². The molecule has 0 saturated heterocycles. The molecule has 15 heavy (non-hydrogen) atoms. The van der Waals surface area contributed by atoms with Crippen molar-refractivity contribution in [2.24, 2.45) is 0 Å². The lowest BCUT2D eigenvalue weighted by molar-refractivity contribution is 1.04. The standard InChI is InChI=1S/C11H13N3S/c1-2-9-4-7-15-10(9)8-14-11-12-5-3-6-13-11/h3-7H,2,8H2,1H3,(H,12,13,14). The van der Waals surface area contributed by atoms with E-state index in [2.05, 4.69) is 33.7 Å². The summed E-state index contributed by atoms with van der Waals surface area (Å²) in [5.74, 6) is 0.688. The highest BCUT2D eigenvalue weighted by atomic mass is 32.1. The number of hydrogen-bond acceptors (Lipinski definition) is 4. The Bertz CT molecular complexity index is 411. The maximum absolute atomic E-state index is 4.12. The molecule has 0 unspecified atom stereocenters. The molecular formula is C11H13N3S. The lowest BCUT2D eigenvalue weighted by atomic mass is 10.2. The van der Waals surface area contributed by atoms with Crippen molar-refractivity contribution in [3.8, 4) is 0 Å². The maximum atomic E-state index is 4.12. The second-order valence-corrected chi connectivity index (χ2v) is 4.15. The van der Waals surface area contributed by atoms with Crippen LogP contribution >= 0.6 is 11.3 Å². The first-order valence-corrected chi connectivity index (χ1v) is 5.84. The van der Waals surface area contributed by atoms with Crippen LogP contribution in [0.15, 0.2) is 29.9 Å². The molecule has 3 nitrogen and oxygen atoms in total. The predicted molar refractivity (Wildman–Crippen MR) is 63.1 cm³/mol. The van der Waals surface area contributed by atoms with Crippen molar-refractivity contribution >= 4 is 17.3 Å². The zero-order valence-electron chi connectivity index (χ0n) is 8.60. The number of hydrogen-bond donors (Lipinski definition) is 1. The molecule has 2 aromatic rings. The number of nitrogens with one attached hydrogen (secondary N) is 1. The number of thiophene rings is 1. The monoisotopic (exact) mass is 219 g/mol. The van der Waals surface area contributed by atoms with Gasteiger partial charge in [-0.15, -0.1) is 11.3 Å². The smallest absolute Gasteiger partial charge is 0.222 e. The van der Waals surface area contributed by atoms with Gasteiger partial charge >= 0.3 is 0 Å².